The predicted molar refractivity (Wildman–Crippen MR) is 124 cm³/mol. The molecule has 3 rings (SSSR count). The molecule has 1 heterocycles. The maximum Gasteiger partial charge on any atom is 0.269 e. The van der Waals surface area contributed by atoms with Crippen LogP contribution in [0.5, 0.6) is 0 Å². The highest BCUT2D eigenvalue weighted by atomic mass is 35.5. The van der Waals surface area contributed by atoms with Crippen molar-refractivity contribution in [2.45, 2.75) is 37.8 Å². The summed E-state index contributed by atoms with van der Waals surface area (Å²) in [4.78, 5) is 39.5. The van der Waals surface area contributed by atoms with Gasteiger partial charge in [-0.3, -0.25) is 14.4 Å². The molecule has 0 saturated carbocycles. The summed E-state index contributed by atoms with van der Waals surface area (Å²) in [5, 5.41) is 3.43. The zero-order valence-corrected chi connectivity index (χ0v) is 20.4. The zero-order valence-electron chi connectivity index (χ0n) is 18.0. The quantitative estimate of drug-likeness (QED) is 0.586. The Hall–Kier alpha value is -2.62. The second kappa shape index (κ2) is 10.1. The van der Waals surface area contributed by atoms with Gasteiger partial charge < -0.3 is 10.2 Å². The van der Waals surface area contributed by atoms with Crippen LogP contribution in [0.25, 0.3) is 0 Å². The average molecular weight is 512 g/mol. The lowest BCUT2D eigenvalue weighted by Crippen LogP contribution is -2.48. The van der Waals surface area contributed by atoms with Gasteiger partial charge in [0.15, 0.2) is 0 Å². The third-order valence-electron chi connectivity index (χ3n) is 5.31. The minimum absolute atomic E-state index is 0.00799. The molecule has 0 radical (unpaired) electrons. The molecule has 0 spiro atoms. The highest BCUT2D eigenvalue weighted by Crippen LogP contribution is 2.30. The van der Waals surface area contributed by atoms with Crippen LogP contribution in [0, 0.1) is 0 Å². The Kier molecular flexibility index (Phi) is 7.66. The second-order valence-corrected chi connectivity index (χ2v) is 10.1. The molecule has 1 N–H and O–H groups in total. The van der Waals surface area contributed by atoms with Crippen molar-refractivity contribution >= 4 is 50.9 Å². The van der Waals surface area contributed by atoms with Gasteiger partial charge in [-0.1, -0.05) is 41.4 Å². The lowest BCUT2D eigenvalue weighted by molar-refractivity contribution is -0.140. The molecular formula is C22H23Cl2N3O5S. The molecule has 0 fully saturated rings. The summed E-state index contributed by atoms with van der Waals surface area (Å²) in [5.41, 5.74) is 0.647. The van der Waals surface area contributed by atoms with Crippen molar-refractivity contribution in [2.24, 2.45) is 0 Å². The number of fused-ring (bicyclic) bond motifs is 1. The molecule has 3 amide bonds. The van der Waals surface area contributed by atoms with Gasteiger partial charge in [-0.2, -0.15) is 0 Å². The highest BCUT2D eigenvalue weighted by molar-refractivity contribution is 7.90. The van der Waals surface area contributed by atoms with Gasteiger partial charge in [0, 0.05) is 36.1 Å². The first-order valence-electron chi connectivity index (χ1n) is 10.2. The normalized spacial score (nSPS) is 15.2. The van der Waals surface area contributed by atoms with E-state index in [9.17, 15) is 22.8 Å². The van der Waals surface area contributed by atoms with Gasteiger partial charge >= 0.3 is 0 Å². The third-order valence-corrected chi connectivity index (χ3v) is 7.74. The molecule has 1 aliphatic heterocycles. The van der Waals surface area contributed by atoms with Gasteiger partial charge in [0.25, 0.3) is 15.9 Å². The standard InChI is InChI=1S/C22H23Cl2N3O5S/c1-3-25-21(29)14(2)26(13-15-8-9-16(23)12-18(15)24)20(28)10-11-27-22(30)17-6-4-5-7-19(17)33(27,31)32/h4-9,12,14H,3,10-11,13H2,1-2H3,(H,25,29)/t14-/m1/s1. The Bertz CT molecular complexity index is 1200. The van der Waals surface area contributed by atoms with Crippen LogP contribution >= 0.6 is 23.2 Å². The largest absolute Gasteiger partial charge is 0.355 e. The van der Waals surface area contributed by atoms with Crippen molar-refractivity contribution in [2.75, 3.05) is 13.1 Å². The number of sulfonamides is 1. The Morgan fingerprint density at radius 3 is 2.48 bits per heavy atom. The minimum Gasteiger partial charge on any atom is -0.355 e. The van der Waals surface area contributed by atoms with Crippen LogP contribution in [-0.2, 0) is 26.2 Å². The van der Waals surface area contributed by atoms with Crippen LogP contribution < -0.4 is 5.32 Å². The van der Waals surface area contributed by atoms with E-state index in [0.717, 1.165) is 0 Å². The summed E-state index contributed by atoms with van der Waals surface area (Å²) in [5.74, 6) is -1.55. The molecule has 1 atom stereocenters. The molecular weight excluding hydrogens is 489 g/mol. The Morgan fingerprint density at radius 2 is 1.85 bits per heavy atom. The van der Waals surface area contributed by atoms with Gasteiger partial charge in [0.05, 0.1) is 5.56 Å². The molecule has 2 aromatic carbocycles. The Labute approximate surface area is 202 Å². The van der Waals surface area contributed by atoms with E-state index in [-0.39, 0.29) is 35.9 Å². The fourth-order valence-corrected chi connectivity index (χ4v) is 5.57. The highest BCUT2D eigenvalue weighted by Gasteiger charge is 2.41. The maximum absolute atomic E-state index is 13.2. The van der Waals surface area contributed by atoms with E-state index in [1.165, 1.54) is 29.2 Å². The van der Waals surface area contributed by atoms with Crippen LogP contribution in [-0.4, -0.2) is 54.5 Å². The molecule has 0 aliphatic carbocycles. The van der Waals surface area contributed by atoms with Gasteiger partial charge in [-0.25, -0.2) is 12.7 Å². The summed E-state index contributed by atoms with van der Waals surface area (Å²) in [6.45, 7) is 3.37. The first-order chi connectivity index (χ1) is 15.6. The fraction of sp³-hybridized carbons (Fsp3) is 0.318. The lowest BCUT2D eigenvalue weighted by atomic mass is 10.1. The molecule has 176 valence electrons. The molecule has 0 bridgehead atoms. The van der Waals surface area contributed by atoms with Gasteiger partial charge in [0.1, 0.15) is 10.9 Å². The summed E-state index contributed by atoms with van der Waals surface area (Å²) < 4.78 is 26.2. The molecule has 11 heteroatoms. The van der Waals surface area contributed by atoms with Crippen LogP contribution in [0.4, 0.5) is 0 Å². The third kappa shape index (κ3) is 5.15. The number of nitrogens with zero attached hydrogens (tertiary/aromatic N) is 2. The van der Waals surface area contributed by atoms with E-state index in [1.807, 2.05) is 0 Å². The smallest absolute Gasteiger partial charge is 0.269 e. The number of benzene rings is 2. The van der Waals surface area contributed by atoms with Crippen LogP contribution in [0.15, 0.2) is 47.4 Å². The molecule has 33 heavy (non-hydrogen) atoms. The number of nitrogens with one attached hydrogen (secondary N) is 1. The Balaban J connectivity index is 1.81. The fourth-order valence-electron chi connectivity index (χ4n) is 3.53. The maximum atomic E-state index is 13.2. The van der Waals surface area contributed by atoms with E-state index in [4.69, 9.17) is 23.2 Å². The topological polar surface area (TPSA) is 104 Å². The van der Waals surface area contributed by atoms with Crippen molar-refractivity contribution in [1.82, 2.24) is 14.5 Å². The number of hydrogen-bond acceptors (Lipinski definition) is 5. The number of carbonyl (C=O) groups is 3. The van der Waals surface area contributed by atoms with E-state index >= 15 is 0 Å². The lowest BCUT2D eigenvalue weighted by Gasteiger charge is -2.29. The van der Waals surface area contributed by atoms with E-state index in [1.54, 1.807) is 32.0 Å². The number of rotatable bonds is 8. The minimum atomic E-state index is -4.03. The summed E-state index contributed by atoms with van der Waals surface area (Å²) >= 11 is 12.2. The monoisotopic (exact) mass is 511 g/mol. The van der Waals surface area contributed by atoms with Crippen molar-refractivity contribution in [3.8, 4) is 0 Å². The zero-order chi connectivity index (χ0) is 24.3. The first-order valence-corrected chi connectivity index (χ1v) is 12.4. The molecule has 8 nitrogen and oxygen atoms in total. The number of carbonyl (C=O) groups excluding carboxylic acids is 3. The second-order valence-electron chi connectivity index (χ2n) is 7.46. The molecule has 2 aromatic rings. The Morgan fingerprint density at radius 1 is 1.15 bits per heavy atom. The molecule has 1 aliphatic rings. The van der Waals surface area contributed by atoms with Crippen molar-refractivity contribution < 1.29 is 22.8 Å². The average Bonchev–Trinajstić information content (AvgIpc) is 2.96. The van der Waals surface area contributed by atoms with Gasteiger partial charge in [-0.15, -0.1) is 0 Å². The van der Waals surface area contributed by atoms with Crippen molar-refractivity contribution in [3.63, 3.8) is 0 Å². The van der Waals surface area contributed by atoms with E-state index < -0.39 is 27.9 Å². The molecule has 0 aromatic heterocycles. The van der Waals surface area contributed by atoms with Crippen molar-refractivity contribution in [3.05, 3.63) is 63.6 Å². The number of halogens is 2. The SMILES string of the molecule is CCNC(=O)[C@@H](C)N(Cc1ccc(Cl)cc1Cl)C(=O)CCN1C(=O)c2ccccc2S1(=O)=O. The molecule has 0 unspecified atom stereocenters. The number of likely N-dealkylation sites (N-methyl/N-ethyl adjacent to an activating group) is 1. The number of hydrogen-bond donors (Lipinski definition) is 1. The van der Waals surface area contributed by atoms with Gasteiger partial charge in [-0.05, 0) is 43.7 Å². The van der Waals surface area contributed by atoms with Crippen molar-refractivity contribution in [1.29, 1.82) is 0 Å². The van der Waals surface area contributed by atoms with Crippen LogP contribution in [0.2, 0.25) is 10.0 Å². The van der Waals surface area contributed by atoms with Gasteiger partial charge in [0.2, 0.25) is 11.8 Å². The van der Waals surface area contributed by atoms with Crippen LogP contribution in [0.3, 0.4) is 0 Å². The summed E-state index contributed by atoms with van der Waals surface area (Å²) in [7, 11) is -4.03. The number of amides is 3. The first kappa shape index (κ1) is 25.0. The van der Waals surface area contributed by atoms with Crippen LogP contribution in [0.1, 0.15) is 36.2 Å². The molecule has 0 saturated heterocycles. The summed E-state index contributed by atoms with van der Waals surface area (Å²) in [6, 6.07) is 9.85. The summed E-state index contributed by atoms with van der Waals surface area (Å²) in [6.07, 6.45) is -0.298. The van der Waals surface area contributed by atoms with E-state index in [2.05, 4.69) is 5.32 Å². The van der Waals surface area contributed by atoms with E-state index in [0.29, 0.717) is 26.5 Å². The predicted octanol–water partition coefficient (Wildman–Crippen LogP) is 3.08.